The van der Waals surface area contributed by atoms with E-state index in [4.69, 9.17) is 14.2 Å². The molecule has 1 N–H and O–H groups in total. The van der Waals surface area contributed by atoms with E-state index in [9.17, 15) is 19.2 Å². The molecule has 0 aromatic carbocycles. The lowest BCUT2D eigenvalue weighted by molar-refractivity contribution is -0.155. The smallest absolute Gasteiger partial charge is 0.330 e. The Morgan fingerprint density at radius 2 is 2.00 bits per heavy atom. The Morgan fingerprint density at radius 3 is 2.58 bits per heavy atom. The molecule has 1 aromatic heterocycles. The fourth-order valence-corrected chi connectivity index (χ4v) is 3.19. The lowest BCUT2D eigenvalue weighted by atomic mass is 10.2. The molecule has 2 rings (SSSR count). The van der Waals surface area contributed by atoms with Gasteiger partial charge >= 0.3 is 17.6 Å². The molecule has 0 saturated carbocycles. The third-order valence-corrected chi connectivity index (χ3v) is 4.41. The van der Waals surface area contributed by atoms with Gasteiger partial charge in [-0.25, -0.2) is 4.79 Å². The number of alkyl halides is 1. The molecule has 1 aromatic rings. The fourth-order valence-electron chi connectivity index (χ4n) is 2.36. The molecule has 1 fully saturated rings. The second kappa shape index (κ2) is 7.31. The SMILES string of the molecule is CC(=O)OC[C@@H]1O[C@H](n2cc(C)c(=O)[nH]c2=O)C(Br)C1OC(C)=O. The quantitative estimate of drug-likeness (QED) is 0.554. The predicted octanol–water partition coefficient (Wildman–Crippen LogP) is 0.000720. The monoisotopic (exact) mass is 404 g/mol. The predicted molar refractivity (Wildman–Crippen MR) is 84.9 cm³/mol. The van der Waals surface area contributed by atoms with Crippen molar-refractivity contribution >= 4 is 27.9 Å². The minimum atomic E-state index is -0.849. The van der Waals surface area contributed by atoms with Crippen molar-refractivity contribution in [2.75, 3.05) is 6.61 Å². The maximum Gasteiger partial charge on any atom is 0.330 e. The van der Waals surface area contributed by atoms with Crippen molar-refractivity contribution in [3.63, 3.8) is 0 Å². The van der Waals surface area contributed by atoms with Crippen LogP contribution in [0.5, 0.6) is 0 Å². The molecule has 0 amide bonds. The van der Waals surface area contributed by atoms with Crippen LogP contribution in [0.2, 0.25) is 0 Å². The third kappa shape index (κ3) is 3.93. The van der Waals surface area contributed by atoms with Gasteiger partial charge in [0.05, 0.1) is 4.83 Å². The Hall–Kier alpha value is -1.94. The van der Waals surface area contributed by atoms with Crippen LogP contribution in [0.15, 0.2) is 15.8 Å². The molecule has 0 aliphatic carbocycles. The van der Waals surface area contributed by atoms with E-state index in [1.54, 1.807) is 6.92 Å². The Balaban J connectivity index is 2.33. The molecule has 1 aliphatic rings. The number of carbonyl (C=O) groups excluding carboxylic acids is 2. The summed E-state index contributed by atoms with van der Waals surface area (Å²) in [7, 11) is 0. The van der Waals surface area contributed by atoms with Crippen LogP contribution in [-0.2, 0) is 23.8 Å². The van der Waals surface area contributed by atoms with Crippen LogP contribution in [-0.4, -0.2) is 45.1 Å². The number of H-pyrrole nitrogens is 1. The highest BCUT2D eigenvalue weighted by Gasteiger charge is 2.47. The lowest BCUT2D eigenvalue weighted by Crippen LogP contribution is -2.37. The van der Waals surface area contributed by atoms with Crippen LogP contribution >= 0.6 is 15.9 Å². The first-order chi connectivity index (χ1) is 11.2. The summed E-state index contributed by atoms with van der Waals surface area (Å²) >= 11 is 3.37. The molecule has 4 atom stereocenters. The first-order valence-corrected chi connectivity index (χ1v) is 8.04. The van der Waals surface area contributed by atoms with Gasteiger partial charge in [0, 0.05) is 25.6 Å². The number of hydrogen-bond donors (Lipinski definition) is 1. The number of esters is 2. The lowest BCUT2D eigenvalue weighted by Gasteiger charge is -2.19. The van der Waals surface area contributed by atoms with Crippen LogP contribution in [0.1, 0.15) is 25.6 Å². The van der Waals surface area contributed by atoms with E-state index >= 15 is 0 Å². The summed E-state index contributed by atoms with van der Waals surface area (Å²) in [5.41, 5.74) is -0.825. The summed E-state index contributed by atoms with van der Waals surface area (Å²) in [5.74, 6) is -1.04. The molecular weight excluding hydrogens is 388 g/mol. The highest BCUT2D eigenvalue weighted by molar-refractivity contribution is 9.09. The summed E-state index contributed by atoms with van der Waals surface area (Å²) in [6, 6.07) is 0. The first-order valence-electron chi connectivity index (χ1n) is 7.13. The van der Waals surface area contributed by atoms with E-state index in [2.05, 4.69) is 20.9 Å². The number of nitrogens with zero attached hydrogens (tertiary/aromatic N) is 1. The number of rotatable bonds is 4. The van der Waals surface area contributed by atoms with Gasteiger partial charge in [-0.3, -0.25) is 23.9 Å². The summed E-state index contributed by atoms with van der Waals surface area (Å²) < 4.78 is 17.1. The van der Waals surface area contributed by atoms with Crippen LogP contribution in [0.25, 0.3) is 0 Å². The van der Waals surface area contributed by atoms with Gasteiger partial charge in [-0.15, -0.1) is 0 Å². The molecular formula is C14H17BrN2O7. The average molecular weight is 405 g/mol. The standard InChI is InChI=1S/C14H17BrN2O7/c1-6-4-17(14(21)16-12(6)20)13-10(15)11(23-8(3)19)9(24-13)5-22-7(2)18/h4,9-11,13H,5H2,1-3H3,(H,16,20,21)/t9-,10?,11?,13-/m0/s1. The van der Waals surface area contributed by atoms with Crippen molar-refractivity contribution in [1.82, 2.24) is 9.55 Å². The summed E-state index contributed by atoms with van der Waals surface area (Å²) in [5, 5.41) is 0. The molecule has 24 heavy (non-hydrogen) atoms. The van der Waals surface area contributed by atoms with Gasteiger partial charge in [-0.05, 0) is 6.92 Å². The van der Waals surface area contributed by atoms with Crippen molar-refractivity contribution in [3.8, 4) is 0 Å². The molecule has 1 aliphatic heterocycles. The molecule has 1 saturated heterocycles. The highest BCUT2D eigenvalue weighted by Crippen LogP contribution is 2.36. The Kier molecular flexibility index (Phi) is 5.60. The number of ether oxygens (including phenoxy) is 3. The zero-order chi connectivity index (χ0) is 18.0. The van der Waals surface area contributed by atoms with E-state index < -0.39 is 46.5 Å². The van der Waals surface area contributed by atoms with Gasteiger partial charge in [-0.1, -0.05) is 15.9 Å². The Labute approximate surface area is 145 Å². The molecule has 0 spiro atoms. The van der Waals surface area contributed by atoms with Gasteiger partial charge in [0.25, 0.3) is 5.56 Å². The summed E-state index contributed by atoms with van der Waals surface area (Å²) in [4.78, 5) is 47.5. The largest absolute Gasteiger partial charge is 0.463 e. The molecule has 0 bridgehead atoms. The second-order valence-corrected chi connectivity index (χ2v) is 6.42. The molecule has 132 valence electrons. The maximum absolute atomic E-state index is 12.0. The first kappa shape index (κ1) is 18.4. The number of halogens is 1. The van der Waals surface area contributed by atoms with Gasteiger partial charge in [-0.2, -0.15) is 0 Å². The Morgan fingerprint density at radius 1 is 1.33 bits per heavy atom. The molecule has 0 radical (unpaired) electrons. The number of aromatic amines is 1. The zero-order valence-electron chi connectivity index (χ0n) is 13.3. The van der Waals surface area contributed by atoms with Crippen LogP contribution in [0, 0.1) is 6.92 Å². The van der Waals surface area contributed by atoms with Crippen LogP contribution < -0.4 is 11.2 Å². The third-order valence-electron chi connectivity index (χ3n) is 3.44. The summed E-state index contributed by atoms with van der Waals surface area (Å²) in [6.07, 6.45) is -1.02. The number of carbonyl (C=O) groups is 2. The number of aromatic nitrogens is 2. The van der Waals surface area contributed by atoms with E-state index in [-0.39, 0.29) is 6.61 Å². The van der Waals surface area contributed by atoms with Crippen LogP contribution in [0.3, 0.4) is 0 Å². The normalized spacial score (nSPS) is 26.2. The molecule has 9 nitrogen and oxygen atoms in total. The van der Waals surface area contributed by atoms with Crippen molar-refractivity contribution < 1.29 is 23.8 Å². The van der Waals surface area contributed by atoms with Gasteiger partial charge in [0.2, 0.25) is 0 Å². The maximum atomic E-state index is 12.0. The van der Waals surface area contributed by atoms with Gasteiger partial charge in [0.1, 0.15) is 18.8 Å². The van der Waals surface area contributed by atoms with Crippen molar-refractivity contribution in [3.05, 3.63) is 32.6 Å². The molecule has 10 heteroatoms. The van der Waals surface area contributed by atoms with E-state index in [0.717, 1.165) is 0 Å². The minimum Gasteiger partial charge on any atom is -0.463 e. The topological polar surface area (TPSA) is 117 Å². The van der Waals surface area contributed by atoms with Crippen LogP contribution in [0.4, 0.5) is 0 Å². The Bertz CT molecular complexity index is 756. The molecule has 2 unspecified atom stereocenters. The van der Waals surface area contributed by atoms with E-state index in [1.165, 1.54) is 24.6 Å². The number of nitrogens with one attached hydrogen (secondary N) is 1. The van der Waals surface area contributed by atoms with E-state index in [0.29, 0.717) is 5.56 Å². The van der Waals surface area contributed by atoms with Crippen molar-refractivity contribution in [2.24, 2.45) is 0 Å². The second-order valence-electron chi connectivity index (χ2n) is 5.36. The zero-order valence-corrected chi connectivity index (χ0v) is 14.9. The highest BCUT2D eigenvalue weighted by atomic mass is 79.9. The van der Waals surface area contributed by atoms with Gasteiger partial charge < -0.3 is 14.2 Å². The average Bonchev–Trinajstić information content (AvgIpc) is 2.77. The fraction of sp³-hybridized carbons (Fsp3) is 0.571. The van der Waals surface area contributed by atoms with Crippen molar-refractivity contribution in [1.29, 1.82) is 0 Å². The number of hydrogen-bond acceptors (Lipinski definition) is 7. The summed E-state index contributed by atoms with van der Waals surface area (Å²) in [6.45, 7) is 3.90. The number of aryl methyl sites for hydroxylation is 1. The van der Waals surface area contributed by atoms with E-state index in [1.807, 2.05) is 0 Å². The van der Waals surface area contributed by atoms with Crippen molar-refractivity contribution in [2.45, 2.75) is 44.0 Å². The minimum absolute atomic E-state index is 0.136. The van der Waals surface area contributed by atoms with Gasteiger partial charge in [0.15, 0.2) is 6.23 Å². The molecule has 2 heterocycles.